The van der Waals surface area contributed by atoms with Crippen molar-refractivity contribution < 1.29 is 27.1 Å². The van der Waals surface area contributed by atoms with Crippen molar-refractivity contribution in [3.8, 4) is 0 Å². The molecular formula is C4H5F4NO2. The second kappa shape index (κ2) is 2.65. The summed E-state index contributed by atoms with van der Waals surface area (Å²) in [5.41, 5.74) is 4.11. The fourth-order valence-corrected chi connectivity index (χ4v) is 0.356. The molecule has 0 unspecified atom stereocenters. The number of alkyl halides is 4. The number of carbonyl (C=O) groups is 1. The van der Waals surface area contributed by atoms with Crippen molar-refractivity contribution in [2.75, 3.05) is 7.11 Å². The third kappa shape index (κ3) is 1.59. The average Bonchev–Trinajstić information content (AvgIpc) is 1.83. The molecule has 3 nitrogen and oxygen atoms in total. The number of ether oxygens (including phenoxy) is 1. The van der Waals surface area contributed by atoms with Gasteiger partial charge in [-0.2, -0.15) is 17.6 Å². The number of carbonyl (C=O) groups excluding carboxylic acids is 1. The summed E-state index contributed by atoms with van der Waals surface area (Å²) in [6.07, 6.45) is -5.44. The Morgan fingerprint density at radius 3 is 1.73 bits per heavy atom. The summed E-state index contributed by atoms with van der Waals surface area (Å²) in [6.45, 7) is 0. The largest absolute Gasteiger partial charge is 0.458 e. The monoisotopic (exact) mass is 175 g/mol. The smallest absolute Gasteiger partial charge is 0.364 e. The number of halogens is 4. The molecule has 0 saturated heterocycles. The van der Waals surface area contributed by atoms with Gasteiger partial charge in [-0.3, -0.25) is 4.79 Å². The van der Waals surface area contributed by atoms with Crippen LogP contribution in [0, 0.1) is 0 Å². The predicted molar refractivity (Wildman–Crippen MR) is 26.1 cm³/mol. The molecule has 2 N–H and O–H groups in total. The van der Waals surface area contributed by atoms with Gasteiger partial charge in [0.25, 0.3) is 5.91 Å². The molecule has 0 aliphatic heterocycles. The Hall–Kier alpha value is -0.850. The first-order valence-corrected chi connectivity index (χ1v) is 2.36. The molecule has 0 bridgehead atoms. The fraction of sp³-hybridized carbons (Fsp3) is 0.750. The van der Waals surface area contributed by atoms with E-state index in [0.29, 0.717) is 7.11 Å². The van der Waals surface area contributed by atoms with E-state index in [2.05, 4.69) is 10.5 Å². The minimum Gasteiger partial charge on any atom is -0.364 e. The zero-order valence-corrected chi connectivity index (χ0v) is 5.41. The van der Waals surface area contributed by atoms with Crippen LogP contribution in [0.2, 0.25) is 0 Å². The Morgan fingerprint density at radius 2 is 1.73 bits per heavy atom. The molecule has 0 aromatic rings. The van der Waals surface area contributed by atoms with Gasteiger partial charge in [-0.25, -0.2) is 0 Å². The van der Waals surface area contributed by atoms with Crippen molar-refractivity contribution in [3.05, 3.63) is 0 Å². The molecule has 0 radical (unpaired) electrons. The summed E-state index contributed by atoms with van der Waals surface area (Å²) in [7, 11) is 0.401. The number of primary amides is 1. The van der Waals surface area contributed by atoms with Gasteiger partial charge in [0.15, 0.2) is 0 Å². The van der Waals surface area contributed by atoms with E-state index in [1.807, 2.05) is 0 Å². The van der Waals surface area contributed by atoms with Gasteiger partial charge in [-0.1, -0.05) is 0 Å². The molecular weight excluding hydrogens is 170 g/mol. The maximum absolute atomic E-state index is 12.3. The van der Waals surface area contributed by atoms with Crippen LogP contribution >= 0.6 is 0 Å². The van der Waals surface area contributed by atoms with Gasteiger partial charge in [-0.15, -0.1) is 0 Å². The standard InChI is InChI=1S/C4H5F4NO2/c1-11-3(5,2(9)10)4(6,7)8/h1H3,(H2,9,10)/t3-/m1/s1. The minimum atomic E-state index is -5.44. The van der Waals surface area contributed by atoms with Gasteiger partial charge in [0, 0.05) is 7.11 Å². The molecule has 11 heavy (non-hydrogen) atoms. The number of hydrogen-bond acceptors (Lipinski definition) is 2. The average molecular weight is 175 g/mol. The van der Waals surface area contributed by atoms with Crippen molar-refractivity contribution in [2.45, 2.75) is 12.0 Å². The van der Waals surface area contributed by atoms with Crippen LogP contribution in [0.4, 0.5) is 17.6 Å². The van der Waals surface area contributed by atoms with Crippen LogP contribution in [-0.2, 0) is 9.53 Å². The molecule has 0 heterocycles. The van der Waals surface area contributed by atoms with Crippen LogP contribution in [0.25, 0.3) is 0 Å². The first-order chi connectivity index (χ1) is 4.75. The number of nitrogens with two attached hydrogens (primary N) is 1. The summed E-state index contributed by atoms with van der Waals surface area (Å²) in [6, 6.07) is 0. The van der Waals surface area contributed by atoms with E-state index in [0.717, 1.165) is 0 Å². The summed E-state index contributed by atoms with van der Waals surface area (Å²) in [5, 5.41) is 0. The molecule has 1 amide bonds. The second-order valence-corrected chi connectivity index (χ2v) is 1.66. The lowest BCUT2D eigenvalue weighted by atomic mass is 10.3. The van der Waals surface area contributed by atoms with E-state index in [4.69, 9.17) is 0 Å². The van der Waals surface area contributed by atoms with E-state index < -0.39 is 17.9 Å². The molecule has 0 rings (SSSR count). The van der Waals surface area contributed by atoms with Crippen LogP contribution in [0.3, 0.4) is 0 Å². The highest BCUT2D eigenvalue weighted by molar-refractivity contribution is 5.82. The van der Waals surface area contributed by atoms with Crippen LogP contribution in [0.5, 0.6) is 0 Å². The Kier molecular flexibility index (Phi) is 2.44. The second-order valence-electron chi connectivity index (χ2n) is 1.66. The lowest BCUT2D eigenvalue weighted by molar-refractivity contribution is -0.306. The third-order valence-electron chi connectivity index (χ3n) is 0.963. The van der Waals surface area contributed by atoms with Crippen LogP contribution < -0.4 is 5.73 Å². The van der Waals surface area contributed by atoms with Crippen LogP contribution in [0.15, 0.2) is 0 Å². The van der Waals surface area contributed by atoms with Gasteiger partial charge in [0.2, 0.25) is 0 Å². The first kappa shape index (κ1) is 10.2. The quantitative estimate of drug-likeness (QED) is 0.615. The molecule has 0 saturated carbocycles. The highest BCUT2D eigenvalue weighted by Crippen LogP contribution is 2.33. The Bertz CT molecular complexity index is 168. The number of hydrogen-bond donors (Lipinski definition) is 1. The molecule has 0 aromatic heterocycles. The first-order valence-electron chi connectivity index (χ1n) is 2.36. The summed E-state index contributed by atoms with van der Waals surface area (Å²) >= 11 is 0. The summed E-state index contributed by atoms with van der Waals surface area (Å²) in [4.78, 5) is 9.90. The molecule has 66 valence electrons. The molecule has 0 aliphatic carbocycles. The van der Waals surface area contributed by atoms with E-state index in [9.17, 15) is 22.4 Å². The predicted octanol–water partition coefficient (Wildman–Crippen LogP) is 0.346. The lowest BCUT2D eigenvalue weighted by Gasteiger charge is -2.21. The molecule has 0 spiro atoms. The zero-order chi connectivity index (χ0) is 9.28. The van der Waals surface area contributed by atoms with E-state index >= 15 is 0 Å². The van der Waals surface area contributed by atoms with Crippen LogP contribution in [-0.4, -0.2) is 25.0 Å². The van der Waals surface area contributed by atoms with Gasteiger partial charge >= 0.3 is 12.0 Å². The highest BCUT2D eigenvalue weighted by Gasteiger charge is 2.62. The Labute approximate surface area is 59.1 Å². The van der Waals surface area contributed by atoms with Crippen molar-refractivity contribution in [2.24, 2.45) is 5.73 Å². The van der Waals surface area contributed by atoms with Crippen molar-refractivity contribution in [1.82, 2.24) is 0 Å². The normalized spacial score (nSPS) is 17.5. The molecule has 0 aliphatic rings. The molecule has 0 aromatic carbocycles. The molecule has 0 fully saturated rings. The highest BCUT2D eigenvalue weighted by atomic mass is 19.4. The molecule has 1 atom stereocenters. The van der Waals surface area contributed by atoms with E-state index in [1.165, 1.54) is 0 Å². The summed E-state index contributed by atoms with van der Waals surface area (Å²) < 4.78 is 50.3. The lowest BCUT2D eigenvalue weighted by Crippen LogP contribution is -2.53. The van der Waals surface area contributed by atoms with E-state index in [1.54, 1.807) is 0 Å². The fourth-order valence-electron chi connectivity index (χ4n) is 0.356. The Balaban J connectivity index is 4.75. The van der Waals surface area contributed by atoms with Crippen molar-refractivity contribution >= 4 is 5.91 Å². The SMILES string of the molecule is CO[C@](F)(C(N)=O)C(F)(F)F. The topological polar surface area (TPSA) is 52.3 Å². The Morgan fingerprint density at radius 1 is 1.36 bits per heavy atom. The van der Waals surface area contributed by atoms with E-state index in [-0.39, 0.29) is 0 Å². The zero-order valence-electron chi connectivity index (χ0n) is 5.41. The summed E-state index contributed by atoms with van der Waals surface area (Å²) in [5.74, 6) is -6.60. The number of methoxy groups -OCH3 is 1. The van der Waals surface area contributed by atoms with Crippen molar-refractivity contribution in [3.63, 3.8) is 0 Å². The third-order valence-corrected chi connectivity index (χ3v) is 0.963. The van der Waals surface area contributed by atoms with Gasteiger partial charge < -0.3 is 10.5 Å². The van der Waals surface area contributed by atoms with Gasteiger partial charge in [0.1, 0.15) is 0 Å². The number of amides is 1. The van der Waals surface area contributed by atoms with Gasteiger partial charge in [-0.05, 0) is 0 Å². The van der Waals surface area contributed by atoms with Gasteiger partial charge in [0.05, 0.1) is 0 Å². The maximum Gasteiger partial charge on any atom is 0.458 e. The maximum atomic E-state index is 12.3. The van der Waals surface area contributed by atoms with Crippen LogP contribution in [0.1, 0.15) is 0 Å². The minimum absolute atomic E-state index is 0.401. The van der Waals surface area contributed by atoms with Crippen molar-refractivity contribution in [1.29, 1.82) is 0 Å². The number of rotatable bonds is 2. The molecule has 7 heteroatoms.